The molecular formula is C20H28N4O2. The van der Waals surface area contributed by atoms with Crippen LogP contribution in [0.3, 0.4) is 0 Å². The molecule has 0 amide bonds. The lowest BCUT2D eigenvalue weighted by Crippen LogP contribution is -2.39. The van der Waals surface area contributed by atoms with Crippen molar-refractivity contribution in [2.24, 2.45) is 11.0 Å². The van der Waals surface area contributed by atoms with Crippen molar-refractivity contribution in [1.29, 1.82) is 0 Å². The van der Waals surface area contributed by atoms with Crippen molar-refractivity contribution >= 4 is 18.0 Å². The molecule has 0 bridgehead atoms. The van der Waals surface area contributed by atoms with Crippen LogP contribution in [0.4, 0.5) is 5.69 Å². The number of aliphatic carboxylic acids is 1. The Bertz CT molecular complexity index is 646. The van der Waals surface area contributed by atoms with Crippen LogP contribution in [0.1, 0.15) is 50.0 Å². The highest BCUT2D eigenvalue weighted by atomic mass is 16.4. The molecule has 0 radical (unpaired) electrons. The number of carboxylic acids is 1. The van der Waals surface area contributed by atoms with E-state index in [1.165, 1.54) is 18.4 Å². The second kappa shape index (κ2) is 7.66. The zero-order valence-electron chi connectivity index (χ0n) is 15.2. The van der Waals surface area contributed by atoms with Crippen LogP contribution >= 0.6 is 0 Å². The highest BCUT2D eigenvalue weighted by molar-refractivity contribution is 5.70. The molecule has 0 spiro atoms. The maximum atomic E-state index is 11.1. The summed E-state index contributed by atoms with van der Waals surface area (Å²) in [6, 6.07) is 9.27. The lowest BCUT2D eigenvalue weighted by atomic mass is 9.85. The van der Waals surface area contributed by atoms with Crippen molar-refractivity contribution in [1.82, 2.24) is 10.2 Å². The van der Waals surface area contributed by atoms with Gasteiger partial charge in [0, 0.05) is 6.04 Å². The maximum Gasteiger partial charge on any atom is 0.306 e. The van der Waals surface area contributed by atoms with Crippen LogP contribution in [0.5, 0.6) is 0 Å². The van der Waals surface area contributed by atoms with Gasteiger partial charge >= 0.3 is 5.97 Å². The molecule has 1 saturated carbocycles. The predicted molar refractivity (Wildman–Crippen MR) is 102 cm³/mol. The number of nitrogens with zero attached hydrogens (tertiary/aromatic N) is 3. The van der Waals surface area contributed by atoms with E-state index in [-0.39, 0.29) is 5.92 Å². The number of carboxylic acid groups (broad SMARTS) is 1. The monoisotopic (exact) mass is 356 g/mol. The van der Waals surface area contributed by atoms with Gasteiger partial charge in [-0.05, 0) is 75.2 Å². The van der Waals surface area contributed by atoms with Crippen molar-refractivity contribution in [2.75, 3.05) is 24.8 Å². The molecule has 1 aromatic rings. The first-order valence-corrected chi connectivity index (χ1v) is 9.81. The third-order valence-corrected chi connectivity index (χ3v) is 6.15. The van der Waals surface area contributed by atoms with Crippen molar-refractivity contribution in [2.45, 2.75) is 50.5 Å². The van der Waals surface area contributed by atoms with E-state index >= 15 is 0 Å². The molecule has 2 fully saturated rings. The molecule has 1 aromatic carbocycles. The van der Waals surface area contributed by atoms with Crippen LogP contribution in [0.25, 0.3) is 0 Å². The second-order valence-electron chi connectivity index (χ2n) is 7.75. The average molecular weight is 356 g/mol. The molecule has 0 aromatic heterocycles. The fourth-order valence-corrected chi connectivity index (χ4v) is 4.44. The van der Waals surface area contributed by atoms with Gasteiger partial charge in [-0.25, -0.2) is 5.01 Å². The van der Waals surface area contributed by atoms with Crippen LogP contribution in [0.2, 0.25) is 0 Å². The molecule has 6 heteroatoms. The van der Waals surface area contributed by atoms with Crippen molar-refractivity contribution in [3.05, 3.63) is 29.8 Å². The number of hydrogen-bond acceptors (Lipinski definition) is 5. The average Bonchev–Trinajstić information content (AvgIpc) is 3.19. The van der Waals surface area contributed by atoms with Crippen LogP contribution in [-0.4, -0.2) is 48.1 Å². The Balaban J connectivity index is 1.33. The lowest BCUT2D eigenvalue weighted by Gasteiger charge is -2.33. The van der Waals surface area contributed by atoms with Crippen molar-refractivity contribution in [3.8, 4) is 0 Å². The zero-order valence-corrected chi connectivity index (χ0v) is 15.2. The normalized spacial score (nSPS) is 27.1. The fraction of sp³-hybridized carbons (Fsp3) is 0.600. The summed E-state index contributed by atoms with van der Waals surface area (Å²) in [5.74, 6) is -0.133. The summed E-state index contributed by atoms with van der Waals surface area (Å²) >= 11 is 0. The summed E-state index contributed by atoms with van der Waals surface area (Å²) in [5, 5.41) is 19.2. The summed E-state index contributed by atoms with van der Waals surface area (Å²) in [4.78, 5) is 13.4. The first kappa shape index (κ1) is 17.3. The van der Waals surface area contributed by atoms with Gasteiger partial charge in [0.2, 0.25) is 0 Å². The number of hydrazone groups is 1. The minimum absolute atomic E-state index is 0.163. The number of rotatable bonds is 4. The minimum atomic E-state index is -0.644. The molecule has 2 aliphatic heterocycles. The van der Waals surface area contributed by atoms with Gasteiger partial charge in [-0.2, -0.15) is 5.10 Å². The number of piperidine rings is 1. The van der Waals surface area contributed by atoms with E-state index in [1.807, 2.05) is 11.3 Å². The van der Waals surface area contributed by atoms with Crippen molar-refractivity contribution < 1.29 is 9.90 Å². The van der Waals surface area contributed by atoms with Crippen LogP contribution in [0, 0.1) is 5.92 Å². The Morgan fingerprint density at radius 2 is 1.73 bits per heavy atom. The van der Waals surface area contributed by atoms with Gasteiger partial charge in [0.15, 0.2) is 0 Å². The van der Waals surface area contributed by atoms with Gasteiger partial charge in [0.05, 0.1) is 11.6 Å². The van der Waals surface area contributed by atoms with Crippen LogP contribution in [-0.2, 0) is 4.79 Å². The van der Waals surface area contributed by atoms with Crippen LogP contribution in [0.15, 0.2) is 29.4 Å². The molecule has 0 atom stereocenters. The van der Waals surface area contributed by atoms with Crippen molar-refractivity contribution in [3.63, 3.8) is 0 Å². The summed E-state index contributed by atoms with van der Waals surface area (Å²) in [6.45, 7) is 2.99. The molecule has 26 heavy (non-hydrogen) atoms. The molecule has 2 N–H and O–H groups in total. The smallest absolute Gasteiger partial charge is 0.306 e. The van der Waals surface area contributed by atoms with Crippen LogP contribution < -0.4 is 10.3 Å². The van der Waals surface area contributed by atoms with Gasteiger partial charge in [-0.15, -0.1) is 0 Å². The third kappa shape index (κ3) is 3.70. The van der Waals surface area contributed by atoms with E-state index < -0.39 is 5.97 Å². The minimum Gasteiger partial charge on any atom is -0.481 e. The Morgan fingerprint density at radius 3 is 2.38 bits per heavy atom. The Morgan fingerprint density at radius 1 is 1.04 bits per heavy atom. The Labute approximate surface area is 154 Å². The zero-order chi connectivity index (χ0) is 17.9. The molecule has 6 nitrogen and oxygen atoms in total. The standard InChI is InChI=1S/C20H28N4O2/c25-20(26)17-3-5-18(6-4-17)23-13-22-24(14-23)19-7-1-15(2-8-19)16-9-11-21-12-10-16/h1-2,7-8,13,16-18,21H,3-6,9-12,14H2,(H,25,26). The number of nitrogens with one attached hydrogen (secondary N) is 1. The summed E-state index contributed by atoms with van der Waals surface area (Å²) in [7, 11) is 0. The van der Waals surface area contributed by atoms with E-state index in [0.29, 0.717) is 12.0 Å². The molecule has 1 aliphatic carbocycles. The highest BCUT2D eigenvalue weighted by Gasteiger charge is 2.30. The number of carbonyl (C=O) groups is 1. The first-order valence-electron chi connectivity index (χ1n) is 9.81. The largest absolute Gasteiger partial charge is 0.481 e. The number of anilines is 1. The maximum absolute atomic E-state index is 11.1. The van der Waals surface area contributed by atoms with E-state index in [2.05, 4.69) is 39.6 Å². The first-order chi connectivity index (χ1) is 12.7. The molecule has 1 saturated heterocycles. The fourth-order valence-electron chi connectivity index (χ4n) is 4.44. The predicted octanol–water partition coefficient (Wildman–Crippen LogP) is 2.82. The molecule has 0 unspecified atom stereocenters. The van der Waals surface area contributed by atoms with E-state index in [0.717, 1.165) is 51.1 Å². The summed E-state index contributed by atoms with van der Waals surface area (Å²) < 4.78 is 0. The van der Waals surface area contributed by atoms with E-state index in [4.69, 9.17) is 5.11 Å². The molecular weight excluding hydrogens is 328 g/mol. The second-order valence-corrected chi connectivity index (χ2v) is 7.75. The Kier molecular flexibility index (Phi) is 5.11. The van der Waals surface area contributed by atoms with Gasteiger partial charge < -0.3 is 15.3 Å². The van der Waals surface area contributed by atoms with Gasteiger partial charge in [0.1, 0.15) is 13.0 Å². The molecule has 140 valence electrons. The van der Waals surface area contributed by atoms with Gasteiger partial charge in [-0.1, -0.05) is 12.1 Å². The van der Waals surface area contributed by atoms with Gasteiger partial charge in [0.25, 0.3) is 0 Å². The quantitative estimate of drug-likeness (QED) is 0.868. The number of hydrogen-bond donors (Lipinski definition) is 2. The number of benzene rings is 1. The third-order valence-electron chi connectivity index (χ3n) is 6.15. The highest BCUT2D eigenvalue weighted by Crippen LogP contribution is 2.31. The Hall–Kier alpha value is -2.08. The van der Waals surface area contributed by atoms with Gasteiger partial charge in [-0.3, -0.25) is 4.79 Å². The molecule has 3 aliphatic rings. The SMILES string of the molecule is O=C(O)C1CCC(N2C=NN(c3ccc(C4CCNCC4)cc3)C2)CC1. The van der Waals surface area contributed by atoms with E-state index in [1.54, 1.807) is 0 Å². The molecule has 2 heterocycles. The topological polar surface area (TPSA) is 68.2 Å². The lowest BCUT2D eigenvalue weighted by molar-refractivity contribution is -0.143. The summed E-state index contributed by atoms with van der Waals surface area (Å²) in [5.41, 5.74) is 2.56. The molecule has 4 rings (SSSR count). The summed E-state index contributed by atoms with van der Waals surface area (Å²) in [6.07, 6.45) is 7.77. The van der Waals surface area contributed by atoms with E-state index in [9.17, 15) is 4.79 Å².